The molecule has 0 saturated carbocycles. The Morgan fingerprint density at radius 3 is 2.52 bits per heavy atom. The van der Waals surface area contributed by atoms with Crippen LogP contribution in [0.5, 0.6) is 5.75 Å². The monoisotopic (exact) mass is 313 g/mol. The lowest BCUT2D eigenvalue weighted by Crippen LogP contribution is -2.42. The zero-order valence-corrected chi connectivity index (χ0v) is 13.0. The Morgan fingerprint density at radius 2 is 2.00 bits per heavy atom. The van der Waals surface area contributed by atoms with E-state index in [4.69, 9.17) is 22.1 Å². The number of amides is 3. The third-order valence-electron chi connectivity index (χ3n) is 2.63. The molecule has 0 aliphatic carbocycles. The van der Waals surface area contributed by atoms with Gasteiger partial charge in [-0.05, 0) is 24.6 Å². The van der Waals surface area contributed by atoms with Crippen LogP contribution in [0.25, 0.3) is 0 Å². The van der Waals surface area contributed by atoms with Gasteiger partial charge in [-0.3, -0.25) is 10.1 Å². The van der Waals surface area contributed by atoms with Crippen molar-refractivity contribution in [3.8, 4) is 5.75 Å². The van der Waals surface area contributed by atoms with Gasteiger partial charge in [0.15, 0.2) is 6.10 Å². The molecule has 0 aliphatic heterocycles. The van der Waals surface area contributed by atoms with Crippen LogP contribution in [0.2, 0.25) is 5.02 Å². The first-order chi connectivity index (χ1) is 9.79. The second-order valence-corrected chi connectivity index (χ2v) is 5.32. The number of rotatable bonds is 6. The molecule has 116 valence electrons. The third kappa shape index (κ3) is 6.01. The summed E-state index contributed by atoms with van der Waals surface area (Å²) in [6.07, 6.45) is -0.880. The van der Waals surface area contributed by atoms with Crippen molar-refractivity contribution < 1.29 is 14.3 Å². The number of carbonyl (C=O) groups excluding carboxylic acids is 2. The molecule has 0 spiro atoms. The van der Waals surface area contributed by atoms with E-state index >= 15 is 0 Å². The Balaban J connectivity index is 2.67. The van der Waals surface area contributed by atoms with Crippen LogP contribution >= 0.6 is 11.6 Å². The number of urea groups is 1. The number of halogens is 1. The van der Waals surface area contributed by atoms with Crippen molar-refractivity contribution >= 4 is 23.5 Å². The highest BCUT2D eigenvalue weighted by molar-refractivity contribution is 6.32. The van der Waals surface area contributed by atoms with Gasteiger partial charge >= 0.3 is 6.03 Å². The minimum Gasteiger partial charge on any atom is -0.479 e. The third-order valence-corrected chi connectivity index (χ3v) is 2.93. The number of hydrogen-bond acceptors (Lipinski definition) is 4. The average molecular weight is 314 g/mol. The Morgan fingerprint density at radius 1 is 1.33 bits per heavy atom. The number of imide groups is 1. The summed E-state index contributed by atoms with van der Waals surface area (Å²) in [5, 5.41) is 5.62. The standard InChI is InChI=1S/C14H20ClN3O3/c1-8(2)17-7-10-4-5-12(11(15)6-10)21-9(3)13(19)18-14(16)20/h4-6,8-9,17H,7H2,1-3H3,(H3,16,18,19,20). The molecule has 0 heterocycles. The fourth-order valence-electron chi connectivity index (χ4n) is 1.54. The predicted molar refractivity (Wildman–Crippen MR) is 81.2 cm³/mol. The van der Waals surface area contributed by atoms with Gasteiger partial charge in [0.05, 0.1) is 5.02 Å². The molecule has 0 fully saturated rings. The van der Waals surface area contributed by atoms with Crippen molar-refractivity contribution in [3.05, 3.63) is 28.8 Å². The van der Waals surface area contributed by atoms with E-state index < -0.39 is 18.0 Å². The molecule has 0 saturated heterocycles. The molecule has 0 bridgehead atoms. The molecule has 1 unspecified atom stereocenters. The number of nitrogens with one attached hydrogen (secondary N) is 2. The summed E-state index contributed by atoms with van der Waals surface area (Å²) in [4.78, 5) is 22.1. The van der Waals surface area contributed by atoms with Gasteiger partial charge < -0.3 is 15.8 Å². The van der Waals surface area contributed by atoms with E-state index in [-0.39, 0.29) is 0 Å². The van der Waals surface area contributed by atoms with Crippen molar-refractivity contribution in [2.24, 2.45) is 5.73 Å². The van der Waals surface area contributed by atoms with Crippen LogP contribution in [0, 0.1) is 0 Å². The summed E-state index contributed by atoms with van der Waals surface area (Å²) in [7, 11) is 0. The van der Waals surface area contributed by atoms with E-state index in [1.807, 2.05) is 11.4 Å². The molecule has 1 aromatic rings. The summed E-state index contributed by atoms with van der Waals surface area (Å²) in [6, 6.07) is 4.77. The molecule has 4 N–H and O–H groups in total. The van der Waals surface area contributed by atoms with Crippen molar-refractivity contribution in [2.45, 2.75) is 39.5 Å². The smallest absolute Gasteiger partial charge is 0.318 e. The zero-order valence-electron chi connectivity index (χ0n) is 12.3. The molecule has 0 radical (unpaired) electrons. The van der Waals surface area contributed by atoms with Gasteiger partial charge in [-0.15, -0.1) is 0 Å². The predicted octanol–water partition coefficient (Wildman–Crippen LogP) is 1.80. The van der Waals surface area contributed by atoms with Crippen molar-refractivity contribution in [2.75, 3.05) is 0 Å². The second-order valence-electron chi connectivity index (χ2n) is 4.91. The van der Waals surface area contributed by atoms with E-state index in [0.29, 0.717) is 23.4 Å². The van der Waals surface area contributed by atoms with Crippen LogP contribution < -0.4 is 21.1 Å². The Hall–Kier alpha value is -1.79. The van der Waals surface area contributed by atoms with Crippen molar-refractivity contribution in [3.63, 3.8) is 0 Å². The molecular weight excluding hydrogens is 294 g/mol. The van der Waals surface area contributed by atoms with Gasteiger partial charge in [0.2, 0.25) is 0 Å². The maximum absolute atomic E-state index is 11.5. The van der Waals surface area contributed by atoms with E-state index in [2.05, 4.69) is 19.2 Å². The molecule has 0 aliphatic rings. The number of nitrogens with two attached hydrogens (primary N) is 1. The van der Waals surface area contributed by atoms with Crippen molar-refractivity contribution in [1.82, 2.24) is 10.6 Å². The molecule has 3 amide bonds. The first kappa shape index (κ1) is 17.3. The molecule has 1 aromatic carbocycles. The maximum Gasteiger partial charge on any atom is 0.318 e. The van der Waals surface area contributed by atoms with Crippen LogP contribution in [0.3, 0.4) is 0 Å². The molecular formula is C14H20ClN3O3. The molecule has 6 nitrogen and oxygen atoms in total. The highest BCUT2D eigenvalue weighted by Gasteiger charge is 2.17. The Labute approximate surface area is 129 Å². The Kier molecular flexibility index (Phi) is 6.45. The number of hydrogen-bond donors (Lipinski definition) is 3. The fourth-order valence-corrected chi connectivity index (χ4v) is 1.79. The van der Waals surface area contributed by atoms with Gasteiger partial charge in [-0.1, -0.05) is 31.5 Å². The van der Waals surface area contributed by atoms with Gasteiger partial charge in [-0.2, -0.15) is 0 Å². The van der Waals surface area contributed by atoms with Crippen molar-refractivity contribution in [1.29, 1.82) is 0 Å². The summed E-state index contributed by atoms with van der Waals surface area (Å²) < 4.78 is 5.42. The summed E-state index contributed by atoms with van der Waals surface area (Å²) >= 11 is 6.12. The first-order valence-corrected chi connectivity index (χ1v) is 6.96. The lowest BCUT2D eigenvalue weighted by atomic mass is 10.2. The van der Waals surface area contributed by atoms with Crippen LogP contribution in [0.4, 0.5) is 4.79 Å². The van der Waals surface area contributed by atoms with Crippen LogP contribution in [-0.4, -0.2) is 24.1 Å². The summed E-state index contributed by atoms with van der Waals surface area (Å²) in [6.45, 7) is 6.30. The average Bonchev–Trinajstić information content (AvgIpc) is 2.38. The van der Waals surface area contributed by atoms with Crippen LogP contribution in [-0.2, 0) is 11.3 Å². The quantitative estimate of drug-likeness (QED) is 0.746. The molecule has 1 rings (SSSR count). The largest absolute Gasteiger partial charge is 0.479 e. The van der Waals surface area contributed by atoms with Gasteiger partial charge in [0, 0.05) is 12.6 Å². The lowest BCUT2D eigenvalue weighted by molar-refractivity contribution is -0.126. The number of primary amides is 1. The van der Waals surface area contributed by atoms with Gasteiger partial charge in [0.1, 0.15) is 5.75 Å². The molecule has 1 atom stereocenters. The van der Waals surface area contributed by atoms with Gasteiger partial charge in [0.25, 0.3) is 5.91 Å². The minimum absolute atomic E-state index is 0.372. The normalized spacial score (nSPS) is 12.0. The number of ether oxygens (including phenoxy) is 1. The van der Waals surface area contributed by atoms with Gasteiger partial charge in [-0.25, -0.2) is 4.79 Å². The minimum atomic E-state index is -0.920. The number of carbonyl (C=O) groups is 2. The Bertz CT molecular complexity index is 520. The highest BCUT2D eigenvalue weighted by atomic mass is 35.5. The molecule has 0 aromatic heterocycles. The topological polar surface area (TPSA) is 93.4 Å². The SMILES string of the molecule is CC(C)NCc1ccc(OC(C)C(=O)NC(N)=O)c(Cl)c1. The maximum atomic E-state index is 11.5. The molecule has 7 heteroatoms. The van der Waals surface area contributed by atoms with E-state index in [1.54, 1.807) is 12.1 Å². The van der Waals surface area contributed by atoms with Crippen LogP contribution in [0.1, 0.15) is 26.3 Å². The molecule has 21 heavy (non-hydrogen) atoms. The first-order valence-electron chi connectivity index (χ1n) is 6.58. The summed E-state index contributed by atoms with van der Waals surface area (Å²) in [5.74, 6) is -0.249. The van der Waals surface area contributed by atoms with E-state index in [0.717, 1.165) is 5.56 Å². The van der Waals surface area contributed by atoms with Crippen LogP contribution in [0.15, 0.2) is 18.2 Å². The van der Waals surface area contributed by atoms with E-state index in [1.165, 1.54) is 6.92 Å². The summed E-state index contributed by atoms with van der Waals surface area (Å²) in [5.41, 5.74) is 5.88. The van der Waals surface area contributed by atoms with E-state index in [9.17, 15) is 9.59 Å². The fraction of sp³-hybridized carbons (Fsp3) is 0.429. The number of benzene rings is 1. The highest BCUT2D eigenvalue weighted by Crippen LogP contribution is 2.26. The second kappa shape index (κ2) is 7.85. The zero-order chi connectivity index (χ0) is 16.0. The lowest BCUT2D eigenvalue weighted by Gasteiger charge is -2.15.